The van der Waals surface area contributed by atoms with Crippen LogP contribution in [0, 0.1) is 0 Å². The lowest BCUT2D eigenvalue weighted by atomic mass is 10.1. The number of hydrogen-bond donors (Lipinski definition) is 0. The van der Waals surface area contributed by atoms with Crippen molar-refractivity contribution in [2.75, 3.05) is 0 Å². The van der Waals surface area contributed by atoms with Crippen molar-refractivity contribution in [3.05, 3.63) is 70.6 Å². The Morgan fingerprint density at radius 2 is 1.81 bits per heavy atom. The molecule has 21 heavy (non-hydrogen) atoms. The third-order valence-corrected chi connectivity index (χ3v) is 3.10. The van der Waals surface area contributed by atoms with Gasteiger partial charge in [-0.05, 0) is 31.2 Å². The Balaban J connectivity index is 2.04. The van der Waals surface area contributed by atoms with Gasteiger partial charge in [-0.25, -0.2) is 0 Å². The van der Waals surface area contributed by atoms with E-state index in [0.29, 0.717) is 22.5 Å². The molecule has 104 valence electrons. The van der Waals surface area contributed by atoms with Gasteiger partial charge in [0.2, 0.25) is 5.43 Å². The zero-order valence-electron chi connectivity index (χ0n) is 11.3. The Bertz CT molecular complexity index is 863. The molecular formula is C17H12O4. The van der Waals surface area contributed by atoms with E-state index in [-0.39, 0.29) is 16.8 Å². The Morgan fingerprint density at radius 1 is 1.05 bits per heavy atom. The molecule has 0 amide bonds. The van der Waals surface area contributed by atoms with Gasteiger partial charge < -0.3 is 9.15 Å². The Hall–Kier alpha value is -2.88. The normalized spacial score (nSPS) is 10.5. The molecule has 0 fully saturated rings. The minimum Gasteiger partial charge on any atom is -0.463 e. The number of ether oxygens (including phenoxy) is 1. The molecule has 0 aliphatic rings. The molecule has 0 spiro atoms. The van der Waals surface area contributed by atoms with Gasteiger partial charge in [-0.2, -0.15) is 0 Å². The second kappa shape index (κ2) is 5.25. The highest BCUT2D eigenvalue weighted by Crippen LogP contribution is 2.24. The van der Waals surface area contributed by atoms with E-state index in [4.69, 9.17) is 9.15 Å². The summed E-state index contributed by atoms with van der Waals surface area (Å²) in [5.41, 5.74) is 0.118. The molecule has 4 nitrogen and oxygen atoms in total. The molecule has 3 aromatic rings. The van der Waals surface area contributed by atoms with E-state index >= 15 is 0 Å². The Labute approximate surface area is 120 Å². The largest absolute Gasteiger partial charge is 0.463 e. The maximum atomic E-state index is 12.1. The maximum Gasteiger partial charge on any atom is 0.203 e. The third kappa shape index (κ3) is 2.56. The average molecular weight is 280 g/mol. The molecule has 0 saturated heterocycles. The number of hydrogen-bond acceptors (Lipinski definition) is 4. The number of Topliss-reactive ketones (excluding diaryl/α,β-unsaturated/α-hetero) is 1. The van der Waals surface area contributed by atoms with Crippen molar-refractivity contribution >= 4 is 16.8 Å². The molecule has 0 bridgehead atoms. The van der Waals surface area contributed by atoms with Crippen LogP contribution in [-0.4, -0.2) is 5.78 Å². The molecule has 0 N–H and O–H groups in total. The first-order valence-electron chi connectivity index (χ1n) is 6.44. The number of benzene rings is 2. The monoisotopic (exact) mass is 280 g/mol. The average Bonchev–Trinajstić information content (AvgIpc) is 2.48. The van der Waals surface area contributed by atoms with Gasteiger partial charge in [-0.15, -0.1) is 0 Å². The van der Waals surface area contributed by atoms with Crippen LogP contribution in [0.15, 0.2) is 64.0 Å². The van der Waals surface area contributed by atoms with E-state index in [1.54, 1.807) is 18.2 Å². The second-order valence-electron chi connectivity index (χ2n) is 4.61. The van der Waals surface area contributed by atoms with Gasteiger partial charge >= 0.3 is 0 Å². The maximum absolute atomic E-state index is 12.1. The number of para-hydroxylation sites is 1. The second-order valence-corrected chi connectivity index (χ2v) is 4.61. The van der Waals surface area contributed by atoms with E-state index in [9.17, 15) is 9.59 Å². The lowest BCUT2D eigenvalue weighted by molar-refractivity contribution is 0.101. The van der Waals surface area contributed by atoms with Crippen molar-refractivity contribution in [2.45, 2.75) is 6.92 Å². The summed E-state index contributed by atoms with van der Waals surface area (Å²) >= 11 is 0. The van der Waals surface area contributed by atoms with Crippen molar-refractivity contribution in [1.82, 2.24) is 0 Å². The summed E-state index contributed by atoms with van der Waals surface area (Å²) in [5, 5.41) is 0.364. The van der Waals surface area contributed by atoms with Crippen LogP contribution >= 0.6 is 0 Å². The van der Waals surface area contributed by atoms with Gasteiger partial charge in [0.1, 0.15) is 28.9 Å². The lowest BCUT2D eigenvalue weighted by Crippen LogP contribution is -2.12. The zero-order valence-corrected chi connectivity index (χ0v) is 11.3. The molecule has 2 aromatic carbocycles. The Kier molecular flexibility index (Phi) is 3.28. The number of carbonyl (C=O) groups is 1. The molecular weight excluding hydrogens is 268 g/mol. The molecule has 0 aliphatic heterocycles. The highest BCUT2D eigenvalue weighted by atomic mass is 16.5. The summed E-state index contributed by atoms with van der Waals surface area (Å²) in [5.74, 6) is 0.947. The van der Waals surface area contributed by atoms with Crippen LogP contribution in [0.4, 0.5) is 0 Å². The van der Waals surface area contributed by atoms with E-state index in [2.05, 4.69) is 0 Å². The highest BCUT2D eigenvalue weighted by molar-refractivity contribution is 5.96. The van der Waals surface area contributed by atoms with Crippen LogP contribution in [0.25, 0.3) is 11.0 Å². The summed E-state index contributed by atoms with van der Waals surface area (Å²) in [4.78, 5) is 23.5. The van der Waals surface area contributed by atoms with Crippen molar-refractivity contribution in [3.8, 4) is 11.5 Å². The van der Waals surface area contributed by atoms with Gasteiger partial charge in [0.25, 0.3) is 0 Å². The number of ketones is 1. The van der Waals surface area contributed by atoms with E-state index in [1.165, 1.54) is 13.2 Å². The van der Waals surface area contributed by atoms with Crippen molar-refractivity contribution in [3.63, 3.8) is 0 Å². The van der Waals surface area contributed by atoms with E-state index < -0.39 is 0 Å². The molecule has 0 atom stereocenters. The number of rotatable bonds is 3. The fourth-order valence-electron chi connectivity index (χ4n) is 2.04. The standard InChI is InChI=1S/C17H12O4/c1-11(18)15-10-20-16-9-13(7-8-14(16)17(15)19)21-12-5-3-2-4-6-12/h2-10H,1H3. The minimum absolute atomic E-state index is 0.0548. The van der Waals surface area contributed by atoms with Crippen molar-refractivity contribution < 1.29 is 13.9 Å². The number of carbonyl (C=O) groups excluding carboxylic acids is 1. The summed E-state index contributed by atoms with van der Waals surface area (Å²) in [6.45, 7) is 1.34. The lowest BCUT2D eigenvalue weighted by Gasteiger charge is -2.06. The molecule has 4 heteroatoms. The van der Waals surface area contributed by atoms with Crippen molar-refractivity contribution in [1.29, 1.82) is 0 Å². The summed E-state index contributed by atoms with van der Waals surface area (Å²) in [6, 6.07) is 14.2. The fraction of sp³-hybridized carbons (Fsp3) is 0.0588. The molecule has 0 aliphatic carbocycles. The zero-order chi connectivity index (χ0) is 14.8. The molecule has 0 unspecified atom stereocenters. The van der Waals surface area contributed by atoms with E-state index in [0.717, 1.165) is 0 Å². The molecule has 0 saturated carbocycles. The van der Waals surface area contributed by atoms with Crippen LogP contribution in [0.1, 0.15) is 17.3 Å². The SMILES string of the molecule is CC(=O)c1coc2cc(Oc3ccccc3)ccc2c1=O. The number of fused-ring (bicyclic) bond motifs is 1. The molecule has 1 heterocycles. The smallest absolute Gasteiger partial charge is 0.203 e. The first kappa shape index (κ1) is 13.1. The van der Waals surface area contributed by atoms with Gasteiger partial charge in [-0.1, -0.05) is 18.2 Å². The van der Waals surface area contributed by atoms with Gasteiger partial charge in [0.15, 0.2) is 5.78 Å². The van der Waals surface area contributed by atoms with Crippen LogP contribution in [0.5, 0.6) is 11.5 Å². The minimum atomic E-state index is -0.324. The predicted octanol–water partition coefficient (Wildman–Crippen LogP) is 3.79. The molecule has 0 radical (unpaired) electrons. The van der Waals surface area contributed by atoms with E-state index in [1.807, 2.05) is 30.3 Å². The van der Waals surface area contributed by atoms with Crippen LogP contribution in [0.2, 0.25) is 0 Å². The quantitative estimate of drug-likeness (QED) is 0.685. The highest BCUT2D eigenvalue weighted by Gasteiger charge is 2.11. The predicted molar refractivity (Wildman–Crippen MR) is 79.0 cm³/mol. The van der Waals surface area contributed by atoms with Crippen LogP contribution in [0.3, 0.4) is 0 Å². The Morgan fingerprint density at radius 3 is 2.52 bits per heavy atom. The third-order valence-electron chi connectivity index (χ3n) is 3.10. The fourth-order valence-corrected chi connectivity index (χ4v) is 2.04. The first-order valence-corrected chi connectivity index (χ1v) is 6.44. The molecule has 1 aromatic heterocycles. The molecule has 3 rings (SSSR count). The van der Waals surface area contributed by atoms with Crippen LogP contribution in [-0.2, 0) is 0 Å². The van der Waals surface area contributed by atoms with Gasteiger partial charge in [0, 0.05) is 6.07 Å². The topological polar surface area (TPSA) is 56.5 Å². The van der Waals surface area contributed by atoms with Gasteiger partial charge in [-0.3, -0.25) is 9.59 Å². The summed E-state index contributed by atoms with van der Waals surface area (Å²) in [6.07, 6.45) is 1.19. The van der Waals surface area contributed by atoms with Crippen LogP contribution < -0.4 is 10.2 Å². The van der Waals surface area contributed by atoms with Gasteiger partial charge in [0.05, 0.1) is 5.39 Å². The summed E-state index contributed by atoms with van der Waals surface area (Å²) < 4.78 is 11.0. The first-order chi connectivity index (χ1) is 10.1. The van der Waals surface area contributed by atoms with Crippen molar-refractivity contribution in [2.24, 2.45) is 0 Å². The summed E-state index contributed by atoms with van der Waals surface area (Å²) in [7, 11) is 0.